The topological polar surface area (TPSA) is 93.3 Å². The van der Waals surface area contributed by atoms with Crippen molar-refractivity contribution in [2.24, 2.45) is 0 Å². The number of aromatic nitrogens is 2. The summed E-state index contributed by atoms with van der Waals surface area (Å²) in [6.07, 6.45) is -0.234. The molecule has 7 heteroatoms. The van der Waals surface area contributed by atoms with Crippen LogP contribution in [0.2, 0.25) is 0 Å². The Morgan fingerprint density at radius 1 is 1.04 bits per heavy atom. The number of carbonyl (C=O) groups excluding carboxylic acids is 1. The molecule has 0 radical (unpaired) electrons. The summed E-state index contributed by atoms with van der Waals surface area (Å²) in [6.45, 7) is 4.07. The molecule has 0 aliphatic rings. The highest BCUT2D eigenvalue weighted by atomic mass is 16.4. The van der Waals surface area contributed by atoms with Crippen LogP contribution in [0.15, 0.2) is 53.3 Å². The molecule has 0 fully saturated rings. The van der Waals surface area contributed by atoms with Crippen LogP contribution in [-0.4, -0.2) is 26.1 Å². The number of aryl methyl sites for hydroxylation is 2. The molecule has 1 unspecified atom stereocenters. The summed E-state index contributed by atoms with van der Waals surface area (Å²) in [5, 5.41) is 12.0. The Hall–Kier alpha value is -3.35. The Balaban J connectivity index is 1.89. The first-order valence-electron chi connectivity index (χ1n) is 9.17. The molecule has 3 rings (SSSR count). The fourth-order valence-corrected chi connectivity index (χ4v) is 3.51. The summed E-state index contributed by atoms with van der Waals surface area (Å²) in [5.41, 5.74) is 2.83. The van der Waals surface area contributed by atoms with E-state index in [1.54, 1.807) is 16.7 Å². The molecule has 146 valence electrons. The summed E-state index contributed by atoms with van der Waals surface area (Å²) in [6, 6.07) is 14.0. The van der Waals surface area contributed by atoms with Crippen LogP contribution in [0.25, 0.3) is 11.0 Å². The molecule has 1 amide bonds. The van der Waals surface area contributed by atoms with E-state index in [-0.39, 0.29) is 18.7 Å². The molecule has 0 saturated carbocycles. The molecule has 3 aromatic rings. The summed E-state index contributed by atoms with van der Waals surface area (Å²) in [7, 11) is 0. The molecule has 0 aliphatic carbocycles. The molecule has 0 saturated heterocycles. The molecule has 0 bridgehead atoms. The number of para-hydroxylation sites is 2. The van der Waals surface area contributed by atoms with E-state index in [2.05, 4.69) is 5.32 Å². The van der Waals surface area contributed by atoms with Gasteiger partial charge in [0.05, 0.1) is 23.5 Å². The zero-order valence-electron chi connectivity index (χ0n) is 15.9. The Labute approximate surface area is 162 Å². The number of carbonyl (C=O) groups is 2. The number of carboxylic acid groups (broad SMARTS) is 1. The van der Waals surface area contributed by atoms with E-state index in [0.717, 1.165) is 16.6 Å². The zero-order chi connectivity index (χ0) is 20.3. The maximum Gasteiger partial charge on any atom is 0.329 e. The third kappa shape index (κ3) is 3.83. The van der Waals surface area contributed by atoms with Crippen molar-refractivity contribution in [2.45, 2.75) is 39.4 Å². The van der Waals surface area contributed by atoms with Crippen molar-refractivity contribution in [3.8, 4) is 0 Å². The van der Waals surface area contributed by atoms with Crippen LogP contribution in [0.3, 0.4) is 0 Å². The van der Waals surface area contributed by atoms with Crippen LogP contribution in [0, 0.1) is 6.92 Å². The van der Waals surface area contributed by atoms with E-state index >= 15 is 0 Å². The minimum Gasteiger partial charge on any atom is -0.481 e. The Morgan fingerprint density at radius 3 is 2.25 bits per heavy atom. The van der Waals surface area contributed by atoms with Gasteiger partial charge in [0.15, 0.2) is 0 Å². The first-order valence-corrected chi connectivity index (χ1v) is 9.17. The number of hydrogen-bond donors (Lipinski definition) is 2. The van der Waals surface area contributed by atoms with E-state index in [4.69, 9.17) is 0 Å². The van der Waals surface area contributed by atoms with Crippen molar-refractivity contribution in [2.75, 3.05) is 0 Å². The average molecular weight is 381 g/mol. The number of amides is 1. The normalized spacial score (nSPS) is 12.1. The van der Waals surface area contributed by atoms with Crippen molar-refractivity contribution in [1.82, 2.24) is 14.5 Å². The van der Waals surface area contributed by atoms with E-state index in [0.29, 0.717) is 12.1 Å². The summed E-state index contributed by atoms with van der Waals surface area (Å²) in [4.78, 5) is 36.7. The van der Waals surface area contributed by atoms with Crippen molar-refractivity contribution in [3.05, 3.63) is 70.1 Å². The number of hydrogen-bond acceptors (Lipinski definition) is 3. The van der Waals surface area contributed by atoms with Crippen LogP contribution in [0.4, 0.5) is 0 Å². The lowest BCUT2D eigenvalue weighted by atomic mass is 9.99. The van der Waals surface area contributed by atoms with Crippen LogP contribution >= 0.6 is 0 Å². The third-order valence-corrected chi connectivity index (χ3v) is 4.82. The standard InChI is InChI=1S/C21H23N3O4/c1-3-23-17-10-6-7-11-18(17)24(21(23)28)13-19(25)22-16(12-20(26)27)15-9-5-4-8-14(15)2/h4-11,16H,3,12-13H2,1-2H3,(H,22,25)(H,26,27). The first kappa shape index (κ1) is 19.4. The predicted octanol–water partition coefficient (Wildman–Crippen LogP) is 2.46. The minimum atomic E-state index is -1.01. The lowest BCUT2D eigenvalue weighted by Crippen LogP contribution is -2.36. The third-order valence-electron chi connectivity index (χ3n) is 4.82. The van der Waals surface area contributed by atoms with Gasteiger partial charge in [0.2, 0.25) is 5.91 Å². The van der Waals surface area contributed by atoms with Crippen LogP contribution < -0.4 is 11.0 Å². The number of nitrogens with zero attached hydrogens (tertiary/aromatic N) is 2. The van der Waals surface area contributed by atoms with Crippen molar-refractivity contribution in [3.63, 3.8) is 0 Å². The second-order valence-electron chi connectivity index (χ2n) is 6.68. The Kier molecular flexibility index (Phi) is 5.63. The van der Waals surface area contributed by atoms with E-state index in [9.17, 15) is 19.5 Å². The number of fused-ring (bicyclic) bond motifs is 1. The van der Waals surface area contributed by atoms with E-state index in [1.165, 1.54) is 4.57 Å². The van der Waals surface area contributed by atoms with Gasteiger partial charge in [0, 0.05) is 6.54 Å². The second kappa shape index (κ2) is 8.12. The number of nitrogens with one attached hydrogen (secondary N) is 1. The first-order chi connectivity index (χ1) is 13.4. The smallest absolute Gasteiger partial charge is 0.329 e. The van der Waals surface area contributed by atoms with Crippen molar-refractivity contribution >= 4 is 22.9 Å². The molecule has 0 aliphatic heterocycles. The van der Waals surface area contributed by atoms with Gasteiger partial charge in [-0.3, -0.25) is 18.7 Å². The van der Waals surface area contributed by atoms with Gasteiger partial charge in [-0.15, -0.1) is 0 Å². The van der Waals surface area contributed by atoms with Gasteiger partial charge in [-0.05, 0) is 37.1 Å². The maximum atomic E-state index is 12.7. The summed E-state index contributed by atoms with van der Waals surface area (Å²) < 4.78 is 3.03. The molecule has 0 spiro atoms. The molecular weight excluding hydrogens is 358 g/mol. The van der Waals surface area contributed by atoms with Gasteiger partial charge in [-0.2, -0.15) is 0 Å². The van der Waals surface area contributed by atoms with Crippen molar-refractivity contribution < 1.29 is 14.7 Å². The highest BCUT2D eigenvalue weighted by molar-refractivity contribution is 5.81. The molecular formula is C21H23N3O4. The number of benzene rings is 2. The quantitative estimate of drug-likeness (QED) is 0.657. The minimum absolute atomic E-state index is 0.172. The molecule has 7 nitrogen and oxygen atoms in total. The maximum absolute atomic E-state index is 12.7. The monoisotopic (exact) mass is 381 g/mol. The zero-order valence-corrected chi connectivity index (χ0v) is 15.9. The molecule has 1 aromatic heterocycles. The van der Waals surface area contributed by atoms with Gasteiger partial charge in [0.1, 0.15) is 6.54 Å². The molecule has 1 atom stereocenters. The summed E-state index contributed by atoms with van der Waals surface area (Å²) in [5.74, 6) is -1.41. The fourth-order valence-electron chi connectivity index (χ4n) is 3.51. The number of imidazole rings is 1. The van der Waals surface area contributed by atoms with E-state index < -0.39 is 17.9 Å². The lowest BCUT2D eigenvalue weighted by molar-refractivity contribution is -0.137. The van der Waals surface area contributed by atoms with Gasteiger partial charge in [0.25, 0.3) is 0 Å². The number of rotatable bonds is 7. The number of carboxylic acids is 1. The highest BCUT2D eigenvalue weighted by Gasteiger charge is 2.21. The Bertz CT molecular complexity index is 1080. The van der Waals surface area contributed by atoms with Gasteiger partial charge < -0.3 is 10.4 Å². The molecule has 28 heavy (non-hydrogen) atoms. The number of aliphatic carboxylic acids is 1. The largest absolute Gasteiger partial charge is 0.481 e. The lowest BCUT2D eigenvalue weighted by Gasteiger charge is -2.19. The SMILES string of the molecule is CCn1c(=O)n(CC(=O)NC(CC(=O)O)c2ccccc2C)c2ccccc21. The van der Waals surface area contributed by atoms with Gasteiger partial charge in [-0.1, -0.05) is 36.4 Å². The Morgan fingerprint density at radius 2 is 1.64 bits per heavy atom. The van der Waals surface area contributed by atoms with Crippen LogP contribution in [-0.2, 0) is 22.7 Å². The van der Waals surface area contributed by atoms with Crippen LogP contribution in [0.5, 0.6) is 0 Å². The molecule has 2 N–H and O–H groups in total. The molecule has 1 heterocycles. The summed E-state index contributed by atoms with van der Waals surface area (Å²) >= 11 is 0. The molecule has 2 aromatic carbocycles. The highest BCUT2D eigenvalue weighted by Crippen LogP contribution is 2.21. The second-order valence-corrected chi connectivity index (χ2v) is 6.68. The van der Waals surface area contributed by atoms with Gasteiger partial charge in [-0.25, -0.2) is 4.79 Å². The van der Waals surface area contributed by atoms with E-state index in [1.807, 2.05) is 50.2 Å². The predicted molar refractivity (Wildman–Crippen MR) is 106 cm³/mol. The van der Waals surface area contributed by atoms with Crippen molar-refractivity contribution in [1.29, 1.82) is 0 Å². The van der Waals surface area contributed by atoms with Crippen LogP contribution in [0.1, 0.15) is 30.5 Å². The van der Waals surface area contributed by atoms with Gasteiger partial charge >= 0.3 is 11.7 Å². The average Bonchev–Trinajstić information content (AvgIpc) is 2.92. The fraction of sp³-hybridized carbons (Fsp3) is 0.286.